The Morgan fingerprint density at radius 2 is 2.15 bits per heavy atom. The molecule has 0 amide bonds. The third-order valence-electron chi connectivity index (χ3n) is 1.94. The molecule has 13 heavy (non-hydrogen) atoms. The van der Waals surface area contributed by atoms with E-state index in [0.717, 1.165) is 11.3 Å². The number of oxime groups is 1. The van der Waals surface area contributed by atoms with E-state index in [1.54, 1.807) is 19.1 Å². The highest BCUT2D eigenvalue weighted by Crippen LogP contribution is 2.32. The maximum atomic E-state index is 8.55. The predicted molar refractivity (Wildman–Crippen MR) is 46.6 cm³/mol. The van der Waals surface area contributed by atoms with Crippen molar-refractivity contribution >= 4 is 5.71 Å². The highest BCUT2D eigenvalue weighted by Gasteiger charge is 2.13. The van der Waals surface area contributed by atoms with E-state index in [4.69, 9.17) is 14.7 Å². The van der Waals surface area contributed by atoms with Gasteiger partial charge in [-0.1, -0.05) is 5.16 Å². The van der Waals surface area contributed by atoms with Crippen LogP contribution in [-0.2, 0) is 0 Å². The van der Waals surface area contributed by atoms with Gasteiger partial charge in [-0.15, -0.1) is 0 Å². The second-order valence-electron chi connectivity index (χ2n) is 2.75. The smallest absolute Gasteiger partial charge is 0.231 e. The maximum absolute atomic E-state index is 8.55. The van der Waals surface area contributed by atoms with Crippen LogP contribution in [0.2, 0.25) is 0 Å². The monoisotopic (exact) mass is 179 g/mol. The number of hydrogen-bond donors (Lipinski definition) is 1. The minimum atomic E-state index is 0.258. The average molecular weight is 179 g/mol. The van der Waals surface area contributed by atoms with E-state index in [1.165, 1.54) is 0 Å². The number of hydrogen-bond acceptors (Lipinski definition) is 4. The molecule has 0 aromatic heterocycles. The van der Waals surface area contributed by atoms with Gasteiger partial charge >= 0.3 is 0 Å². The van der Waals surface area contributed by atoms with Crippen molar-refractivity contribution in [2.24, 2.45) is 5.16 Å². The van der Waals surface area contributed by atoms with Crippen LogP contribution in [0.25, 0.3) is 0 Å². The summed E-state index contributed by atoms with van der Waals surface area (Å²) in [6.45, 7) is 1.98. The topological polar surface area (TPSA) is 51.1 Å². The molecule has 0 radical (unpaired) electrons. The maximum Gasteiger partial charge on any atom is 0.231 e. The van der Waals surface area contributed by atoms with Crippen molar-refractivity contribution < 1.29 is 14.7 Å². The van der Waals surface area contributed by atoms with Crippen LogP contribution in [0.15, 0.2) is 23.4 Å². The quantitative estimate of drug-likeness (QED) is 0.405. The van der Waals surface area contributed by atoms with Gasteiger partial charge in [-0.25, -0.2) is 0 Å². The van der Waals surface area contributed by atoms with Crippen molar-refractivity contribution in [3.8, 4) is 11.5 Å². The Morgan fingerprint density at radius 3 is 2.92 bits per heavy atom. The molecule has 0 aliphatic carbocycles. The molecule has 0 bridgehead atoms. The van der Waals surface area contributed by atoms with Gasteiger partial charge in [0.25, 0.3) is 0 Å². The zero-order valence-corrected chi connectivity index (χ0v) is 7.15. The van der Waals surface area contributed by atoms with Gasteiger partial charge in [0.15, 0.2) is 11.5 Å². The van der Waals surface area contributed by atoms with E-state index in [2.05, 4.69) is 5.16 Å². The van der Waals surface area contributed by atoms with Crippen molar-refractivity contribution in [2.75, 3.05) is 6.79 Å². The van der Waals surface area contributed by atoms with Crippen molar-refractivity contribution in [2.45, 2.75) is 6.92 Å². The van der Waals surface area contributed by atoms with Crippen LogP contribution in [-0.4, -0.2) is 17.7 Å². The van der Waals surface area contributed by atoms with Crippen molar-refractivity contribution in [3.05, 3.63) is 23.8 Å². The molecule has 2 rings (SSSR count). The van der Waals surface area contributed by atoms with Crippen molar-refractivity contribution in [1.29, 1.82) is 0 Å². The lowest BCUT2D eigenvalue weighted by Gasteiger charge is -1.99. The predicted octanol–water partition coefficient (Wildman–Crippen LogP) is 1.61. The molecule has 1 aromatic rings. The second kappa shape index (κ2) is 2.97. The standard InChI is InChI=1S/C9H9NO3/c1-6(10-11)7-2-3-8-9(4-7)13-5-12-8/h2-4,11H,5H2,1H3. The van der Waals surface area contributed by atoms with Gasteiger partial charge in [0.2, 0.25) is 6.79 Å². The molecule has 0 atom stereocenters. The van der Waals surface area contributed by atoms with Crippen LogP contribution >= 0.6 is 0 Å². The Hall–Kier alpha value is -1.71. The second-order valence-corrected chi connectivity index (χ2v) is 2.75. The molecular formula is C9H9NO3. The fraction of sp³-hybridized carbons (Fsp3) is 0.222. The molecule has 0 saturated carbocycles. The van der Waals surface area contributed by atoms with Gasteiger partial charge in [0.05, 0.1) is 5.71 Å². The Kier molecular flexibility index (Phi) is 1.81. The van der Waals surface area contributed by atoms with Crippen molar-refractivity contribution in [1.82, 2.24) is 0 Å². The fourth-order valence-corrected chi connectivity index (χ4v) is 1.18. The zero-order chi connectivity index (χ0) is 9.26. The molecule has 1 aromatic carbocycles. The summed E-state index contributed by atoms with van der Waals surface area (Å²) in [5, 5.41) is 11.7. The molecule has 1 heterocycles. The molecule has 1 N–H and O–H groups in total. The lowest BCUT2D eigenvalue weighted by Crippen LogP contribution is -1.94. The minimum Gasteiger partial charge on any atom is -0.454 e. The van der Waals surface area contributed by atoms with Gasteiger partial charge < -0.3 is 14.7 Å². The van der Waals surface area contributed by atoms with E-state index in [0.29, 0.717) is 11.5 Å². The molecule has 0 fully saturated rings. The van der Waals surface area contributed by atoms with E-state index in [9.17, 15) is 0 Å². The van der Waals surface area contributed by atoms with Crippen LogP contribution in [0.5, 0.6) is 11.5 Å². The number of benzene rings is 1. The number of rotatable bonds is 1. The van der Waals surface area contributed by atoms with E-state index < -0.39 is 0 Å². The Bertz CT molecular complexity index is 360. The summed E-state index contributed by atoms with van der Waals surface area (Å²) in [4.78, 5) is 0. The lowest BCUT2D eigenvalue weighted by atomic mass is 10.1. The Labute approximate surface area is 75.4 Å². The first kappa shape index (κ1) is 7.91. The summed E-state index contributed by atoms with van der Waals surface area (Å²) >= 11 is 0. The number of nitrogens with zero attached hydrogens (tertiary/aromatic N) is 1. The van der Waals surface area contributed by atoms with E-state index in [1.807, 2.05) is 6.07 Å². The van der Waals surface area contributed by atoms with Gasteiger partial charge in [-0.05, 0) is 25.1 Å². The Balaban J connectivity index is 2.41. The highest BCUT2D eigenvalue weighted by atomic mass is 16.7. The Morgan fingerprint density at radius 1 is 1.38 bits per heavy atom. The molecule has 0 spiro atoms. The average Bonchev–Trinajstić information content (AvgIpc) is 2.63. The lowest BCUT2D eigenvalue weighted by molar-refractivity contribution is 0.174. The highest BCUT2D eigenvalue weighted by molar-refractivity contribution is 5.98. The van der Waals surface area contributed by atoms with Gasteiger partial charge in [-0.3, -0.25) is 0 Å². The first-order valence-corrected chi connectivity index (χ1v) is 3.90. The first-order valence-electron chi connectivity index (χ1n) is 3.90. The third kappa shape index (κ3) is 1.30. The zero-order valence-electron chi connectivity index (χ0n) is 7.15. The van der Waals surface area contributed by atoms with Crippen LogP contribution in [0, 0.1) is 0 Å². The SMILES string of the molecule is CC(=NO)c1ccc2c(c1)OCO2. The summed E-state index contributed by atoms with van der Waals surface area (Å²) in [6, 6.07) is 5.41. The normalized spacial score (nSPS) is 14.7. The van der Waals surface area contributed by atoms with Crippen LogP contribution < -0.4 is 9.47 Å². The molecule has 1 aliphatic rings. The summed E-state index contributed by atoms with van der Waals surface area (Å²) < 4.78 is 10.3. The number of ether oxygens (including phenoxy) is 2. The van der Waals surface area contributed by atoms with Gasteiger partial charge in [0.1, 0.15) is 0 Å². The molecule has 4 heteroatoms. The van der Waals surface area contributed by atoms with E-state index >= 15 is 0 Å². The minimum absolute atomic E-state index is 0.258. The van der Waals surface area contributed by atoms with Gasteiger partial charge in [-0.2, -0.15) is 0 Å². The summed E-state index contributed by atoms with van der Waals surface area (Å²) in [5.74, 6) is 1.43. The van der Waals surface area contributed by atoms with Crippen LogP contribution in [0.4, 0.5) is 0 Å². The summed E-state index contributed by atoms with van der Waals surface area (Å²) in [5.41, 5.74) is 1.38. The molecule has 4 nitrogen and oxygen atoms in total. The van der Waals surface area contributed by atoms with Crippen LogP contribution in [0.3, 0.4) is 0 Å². The van der Waals surface area contributed by atoms with Crippen LogP contribution in [0.1, 0.15) is 12.5 Å². The van der Waals surface area contributed by atoms with Crippen molar-refractivity contribution in [3.63, 3.8) is 0 Å². The van der Waals surface area contributed by atoms with Gasteiger partial charge in [0, 0.05) is 5.56 Å². The first-order chi connectivity index (χ1) is 6.31. The third-order valence-corrected chi connectivity index (χ3v) is 1.94. The summed E-state index contributed by atoms with van der Waals surface area (Å²) in [6.07, 6.45) is 0. The molecule has 68 valence electrons. The fourth-order valence-electron chi connectivity index (χ4n) is 1.18. The molecule has 1 aliphatic heterocycles. The summed E-state index contributed by atoms with van der Waals surface area (Å²) in [7, 11) is 0. The molecule has 0 saturated heterocycles. The molecule has 0 unspecified atom stereocenters. The number of fused-ring (bicyclic) bond motifs is 1. The van der Waals surface area contributed by atoms with E-state index in [-0.39, 0.29) is 6.79 Å². The largest absolute Gasteiger partial charge is 0.454 e. The molecular weight excluding hydrogens is 170 g/mol.